The molecular weight excluding hydrogens is 322 g/mol. The van der Waals surface area contributed by atoms with Crippen LogP contribution in [0.1, 0.15) is 18.1 Å². The molecule has 0 spiro atoms. The van der Waals surface area contributed by atoms with Gasteiger partial charge in [-0.05, 0) is 24.0 Å². The van der Waals surface area contributed by atoms with E-state index in [9.17, 15) is 0 Å². The third kappa shape index (κ3) is 3.42. The maximum absolute atomic E-state index is 4.60. The van der Waals surface area contributed by atoms with Crippen LogP contribution in [0.15, 0.2) is 67.0 Å². The van der Waals surface area contributed by atoms with Gasteiger partial charge in [-0.15, -0.1) is 0 Å². The van der Waals surface area contributed by atoms with Gasteiger partial charge in [0.15, 0.2) is 0 Å². The molecule has 0 saturated carbocycles. The zero-order valence-corrected chi connectivity index (χ0v) is 14.8. The molecule has 5 nitrogen and oxygen atoms in total. The van der Waals surface area contributed by atoms with Crippen LogP contribution in [0.2, 0.25) is 0 Å². The Morgan fingerprint density at radius 2 is 1.73 bits per heavy atom. The molecular formula is C21H21N5. The van der Waals surface area contributed by atoms with Gasteiger partial charge in [-0.2, -0.15) is 14.6 Å². The van der Waals surface area contributed by atoms with E-state index in [4.69, 9.17) is 0 Å². The summed E-state index contributed by atoms with van der Waals surface area (Å²) in [7, 11) is 0. The highest BCUT2D eigenvalue weighted by atomic mass is 15.3. The van der Waals surface area contributed by atoms with E-state index in [0.717, 1.165) is 36.5 Å². The summed E-state index contributed by atoms with van der Waals surface area (Å²) in [5.41, 5.74) is 4.65. The molecule has 1 N–H and O–H groups in total. The molecule has 5 heteroatoms. The highest BCUT2D eigenvalue weighted by Gasteiger charge is 2.08. The third-order valence-electron chi connectivity index (χ3n) is 4.47. The normalized spacial score (nSPS) is 11.0. The third-order valence-corrected chi connectivity index (χ3v) is 4.47. The Labute approximate surface area is 152 Å². The Morgan fingerprint density at radius 1 is 0.962 bits per heavy atom. The number of aryl methyl sites for hydroxylation is 1. The standard InChI is InChI=1S/C21H21N5/c1-2-16-8-10-17(11-9-16)12-13-22-20-14-19(18-6-4-3-5-7-18)25-21-23-15-24-26(20)21/h3-11,14-15,22H,2,12-13H2,1H3. The van der Waals surface area contributed by atoms with Gasteiger partial charge in [0.05, 0.1) is 5.69 Å². The van der Waals surface area contributed by atoms with Gasteiger partial charge in [-0.1, -0.05) is 61.5 Å². The zero-order valence-electron chi connectivity index (χ0n) is 14.8. The molecule has 2 heterocycles. The Kier molecular flexibility index (Phi) is 4.60. The summed E-state index contributed by atoms with van der Waals surface area (Å²) in [6.45, 7) is 2.99. The van der Waals surface area contributed by atoms with Gasteiger partial charge < -0.3 is 5.32 Å². The molecule has 0 unspecified atom stereocenters. The van der Waals surface area contributed by atoms with Crippen molar-refractivity contribution in [2.45, 2.75) is 19.8 Å². The van der Waals surface area contributed by atoms with Gasteiger partial charge in [0.1, 0.15) is 12.1 Å². The van der Waals surface area contributed by atoms with Gasteiger partial charge in [0.2, 0.25) is 0 Å². The van der Waals surface area contributed by atoms with E-state index in [1.807, 2.05) is 36.4 Å². The Morgan fingerprint density at radius 3 is 2.50 bits per heavy atom. The molecule has 0 bridgehead atoms. The second kappa shape index (κ2) is 7.35. The van der Waals surface area contributed by atoms with Crippen LogP contribution in [-0.4, -0.2) is 26.1 Å². The summed E-state index contributed by atoms with van der Waals surface area (Å²) in [6.07, 6.45) is 3.55. The number of fused-ring (bicyclic) bond motifs is 1. The summed E-state index contributed by atoms with van der Waals surface area (Å²) in [5.74, 6) is 1.50. The van der Waals surface area contributed by atoms with Crippen molar-refractivity contribution in [2.24, 2.45) is 0 Å². The van der Waals surface area contributed by atoms with Gasteiger partial charge in [-0.3, -0.25) is 0 Å². The summed E-state index contributed by atoms with van der Waals surface area (Å²) < 4.78 is 1.74. The van der Waals surface area contributed by atoms with Gasteiger partial charge in [0.25, 0.3) is 5.78 Å². The van der Waals surface area contributed by atoms with E-state index in [0.29, 0.717) is 5.78 Å². The first-order valence-corrected chi connectivity index (χ1v) is 8.91. The maximum Gasteiger partial charge on any atom is 0.254 e. The molecule has 2 aromatic heterocycles. The van der Waals surface area contributed by atoms with Crippen LogP contribution >= 0.6 is 0 Å². The number of rotatable bonds is 6. The van der Waals surface area contributed by atoms with Gasteiger partial charge >= 0.3 is 0 Å². The molecule has 0 amide bonds. The van der Waals surface area contributed by atoms with Crippen LogP contribution in [0, 0.1) is 0 Å². The lowest BCUT2D eigenvalue weighted by molar-refractivity contribution is 0.914. The van der Waals surface area contributed by atoms with E-state index < -0.39 is 0 Å². The summed E-state index contributed by atoms with van der Waals surface area (Å²) in [5, 5.41) is 7.76. The molecule has 0 aliphatic carbocycles. The van der Waals surface area contributed by atoms with Gasteiger partial charge in [0, 0.05) is 18.2 Å². The Bertz CT molecular complexity index is 990. The summed E-state index contributed by atoms with van der Waals surface area (Å²) in [4.78, 5) is 8.85. The first-order valence-electron chi connectivity index (χ1n) is 8.91. The van der Waals surface area contributed by atoms with E-state index >= 15 is 0 Å². The summed E-state index contributed by atoms with van der Waals surface area (Å²) in [6, 6.07) is 21.0. The van der Waals surface area contributed by atoms with Crippen molar-refractivity contribution in [2.75, 3.05) is 11.9 Å². The Balaban J connectivity index is 1.54. The molecule has 2 aromatic carbocycles. The first-order chi connectivity index (χ1) is 12.8. The second-order valence-electron chi connectivity index (χ2n) is 6.21. The number of nitrogens with one attached hydrogen (secondary N) is 1. The average Bonchev–Trinajstić information content (AvgIpc) is 3.18. The SMILES string of the molecule is CCc1ccc(CCNc2cc(-c3ccccc3)nc3ncnn23)cc1. The number of benzene rings is 2. The molecule has 0 saturated heterocycles. The predicted octanol–water partition coefficient (Wildman–Crippen LogP) is 4.01. The minimum absolute atomic E-state index is 0.598. The number of hydrogen-bond acceptors (Lipinski definition) is 4. The number of aromatic nitrogens is 4. The molecule has 0 aliphatic rings. The van der Waals surface area contributed by atoms with Crippen molar-refractivity contribution in [1.29, 1.82) is 0 Å². The van der Waals surface area contributed by atoms with Crippen LogP contribution in [0.5, 0.6) is 0 Å². The molecule has 4 rings (SSSR count). The monoisotopic (exact) mass is 343 g/mol. The Hall–Kier alpha value is -3.21. The molecule has 26 heavy (non-hydrogen) atoms. The van der Waals surface area contributed by atoms with E-state index in [2.05, 4.69) is 51.6 Å². The average molecular weight is 343 g/mol. The fraction of sp³-hybridized carbons (Fsp3) is 0.190. The summed E-state index contributed by atoms with van der Waals surface area (Å²) >= 11 is 0. The zero-order chi connectivity index (χ0) is 17.8. The van der Waals surface area contributed by atoms with Crippen molar-refractivity contribution >= 4 is 11.6 Å². The van der Waals surface area contributed by atoms with Crippen LogP contribution < -0.4 is 5.32 Å². The maximum atomic E-state index is 4.60. The van der Waals surface area contributed by atoms with E-state index in [1.165, 1.54) is 17.5 Å². The first kappa shape index (κ1) is 16.3. The lowest BCUT2D eigenvalue weighted by Gasteiger charge is -2.10. The number of nitrogens with zero attached hydrogens (tertiary/aromatic N) is 4. The van der Waals surface area contributed by atoms with E-state index in [-0.39, 0.29) is 0 Å². The van der Waals surface area contributed by atoms with Crippen LogP contribution in [0.3, 0.4) is 0 Å². The van der Waals surface area contributed by atoms with Crippen LogP contribution in [0.4, 0.5) is 5.82 Å². The van der Waals surface area contributed by atoms with Crippen molar-refractivity contribution in [3.05, 3.63) is 78.1 Å². The van der Waals surface area contributed by atoms with Crippen molar-refractivity contribution in [1.82, 2.24) is 19.6 Å². The number of hydrogen-bond donors (Lipinski definition) is 1. The molecule has 4 aromatic rings. The highest BCUT2D eigenvalue weighted by molar-refractivity contribution is 5.65. The van der Waals surface area contributed by atoms with Crippen molar-refractivity contribution in [3.8, 4) is 11.3 Å². The fourth-order valence-electron chi connectivity index (χ4n) is 2.97. The van der Waals surface area contributed by atoms with E-state index in [1.54, 1.807) is 4.52 Å². The lowest BCUT2D eigenvalue weighted by atomic mass is 10.1. The largest absolute Gasteiger partial charge is 0.370 e. The smallest absolute Gasteiger partial charge is 0.254 e. The topological polar surface area (TPSA) is 55.1 Å². The van der Waals surface area contributed by atoms with Crippen molar-refractivity contribution < 1.29 is 0 Å². The minimum atomic E-state index is 0.598. The minimum Gasteiger partial charge on any atom is -0.370 e. The molecule has 0 atom stereocenters. The highest BCUT2D eigenvalue weighted by Crippen LogP contribution is 2.21. The predicted molar refractivity (Wildman–Crippen MR) is 104 cm³/mol. The molecule has 0 aliphatic heterocycles. The van der Waals surface area contributed by atoms with Gasteiger partial charge in [-0.25, -0.2) is 4.98 Å². The molecule has 0 radical (unpaired) electrons. The molecule has 130 valence electrons. The van der Waals surface area contributed by atoms with Crippen molar-refractivity contribution in [3.63, 3.8) is 0 Å². The lowest BCUT2D eigenvalue weighted by Crippen LogP contribution is -2.10. The van der Waals surface area contributed by atoms with Crippen LogP contribution in [-0.2, 0) is 12.8 Å². The number of anilines is 1. The quantitative estimate of drug-likeness (QED) is 0.575. The van der Waals surface area contributed by atoms with Crippen LogP contribution in [0.25, 0.3) is 17.0 Å². The second-order valence-corrected chi connectivity index (χ2v) is 6.21. The fourth-order valence-corrected chi connectivity index (χ4v) is 2.97. The molecule has 0 fully saturated rings.